The summed E-state index contributed by atoms with van der Waals surface area (Å²) < 4.78 is 5.78. The molecule has 26 heavy (non-hydrogen) atoms. The maximum absolute atomic E-state index is 11.7. The lowest BCUT2D eigenvalue weighted by Crippen LogP contribution is -2.51. The van der Waals surface area contributed by atoms with Crippen LogP contribution in [-0.4, -0.2) is 17.8 Å². The Labute approximate surface area is 150 Å². The number of rotatable bonds is 4. The summed E-state index contributed by atoms with van der Waals surface area (Å²) in [6.45, 7) is 4.55. The monoisotopic (exact) mass is 350 g/mol. The molecule has 4 amide bonds. The second-order valence-corrected chi connectivity index (χ2v) is 6.15. The summed E-state index contributed by atoms with van der Waals surface area (Å²) in [5, 5.41) is 4.07. The Hall–Kier alpha value is -3.41. The summed E-state index contributed by atoms with van der Waals surface area (Å²) in [6.07, 6.45) is 1.42. The Morgan fingerprint density at radius 2 is 1.46 bits per heavy atom. The lowest BCUT2D eigenvalue weighted by molar-refractivity contribution is -0.123. The average Bonchev–Trinajstić information content (AvgIpc) is 2.56. The number of ether oxygens (including phenoxy) is 1. The number of amides is 4. The molecule has 0 aliphatic carbocycles. The van der Waals surface area contributed by atoms with Crippen LogP contribution in [-0.2, 0) is 16.2 Å². The fraction of sp³-hybridized carbons (Fsp3) is 0.150. The number of hydrogen-bond donors (Lipinski definition) is 2. The molecule has 3 rings (SSSR count). The standard InChI is InChI=1S/C20H18N2O4/c1-12-7-13(2)9-15(8-12)11-26-16-5-3-14(4-6-16)10-17-18(23)21-20(25)22-19(17)24/h3-10H,11H2,1-2H3,(H2,21,22,23,24,25). The summed E-state index contributed by atoms with van der Waals surface area (Å²) in [5.41, 5.74) is 4.00. The minimum absolute atomic E-state index is 0.117. The molecule has 1 heterocycles. The van der Waals surface area contributed by atoms with Crippen molar-refractivity contribution in [1.29, 1.82) is 0 Å². The molecule has 1 aliphatic rings. The molecular weight excluding hydrogens is 332 g/mol. The van der Waals surface area contributed by atoms with Crippen molar-refractivity contribution in [2.45, 2.75) is 20.5 Å². The Morgan fingerprint density at radius 3 is 2.04 bits per heavy atom. The van der Waals surface area contributed by atoms with Gasteiger partial charge in [0.15, 0.2) is 0 Å². The van der Waals surface area contributed by atoms with Crippen molar-refractivity contribution in [1.82, 2.24) is 10.6 Å². The zero-order valence-corrected chi connectivity index (χ0v) is 14.5. The van der Waals surface area contributed by atoms with Crippen LogP contribution in [0, 0.1) is 13.8 Å². The number of nitrogens with one attached hydrogen (secondary N) is 2. The molecule has 0 unspecified atom stereocenters. The van der Waals surface area contributed by atoms with Gasteiger partial charge < -0.3 is 4.74 Å². The molecule has 2 aromatic carbocycles. The van der Waals surface area contributed by atoms with Crippen molar-refractivity contribution in [2.24, 2.45) is 0 Å². The van der Waals surface area contributed by atoms with E-state index in [4.69, 9.17) is 4.74 Å². The van der Waals surface area contributed by atoms with Gasteiger partial charge in [-0.3, -0.25) is 20.2 Å². The quantitative estimate of drug-likeness (QED) is 0.656. The van der Waals surface area contributed by atoms with Crippen LogP contribution in [0.1, 0.15) is 22.3 Å². The van der Waals surface area contributed by atoms with E-state index in [-0.39, 0.29) is 5.57 Å². The number of urea groups is 1. The second kappa shape index (κ2) is 7.23. The molecule has 1 saturated heterocycles. The Kier molecular flexibility index (Phi) is 4.84. The molecular formula is C20H18N2O4. The van der Waals surface area contributed by atoms with Crippen molar-refractivity contribution in [2.75, 3.05) is 0 Å². The van der Waals surface area contributed by atoms with E-state index in [0.717, 1.165) is 5.56 Å². The number of aryl methyl sites for hydroxylation is 2. The van der Waals surface area contributed by atoms with Gasteiger partial charge in [0, 0.05) is 0 Å². The number of barbiturate groups is 1. The second-order valence-electron chi connectivity index (χ2n) is 6.15. The van der Waals surface area contributed by atoms with E-state index in [1.807, 2.05) is 24.5 Å². The van der Waals surface area contributed by atoms with Gasteiger partial charge in [-0.1, -0.05) is 41.5 Å². The zero-order valence-electron chi connectivity index (χ0n) is 14.5. The topological polar surface area (TPSA) is 84.5 Å². The molecule has 6 heteroatoms. The number of benzene rings is 2. The van der Waals surface area contributed by atoms with Crippen LogP contribution in [0.2, 0.25) is 0 Å². The van der Waals surface area contributed by atoms with Crippen LogP contribution in [0.25, 0.3) is 6.08 Å². The molecule has 6 nitrogen and oxygen atoms in total. The van der Waals surface area contributed by atoms with Gasteiger partial charge in [-0.15, -0.1) is 0 Å². The van der Waals surface area contributed by atoms with E-state index >= 15 is 0 Å². The van der Waals surface area contributed by atoms with Crippen LogP contribution in [0.15, 0.2) is 48.0 Å². The average molecular weight is 350 g/mol. The van der Waals surface area contributed by atoms with Gasteiger partial charge in [0.1, 0.15) is 17.9 Å². The summed E-state index contributed by atoms with van der Waals surface area (Å²) in [7, 11) is 0. The van der Waals surface area contributed by atoms with E-state index in [9.17, 15) is 14.4 Å². The number of carbonyl (C=O) groups is 3. The zero-order chi connectivity index (χ0) is 18.7. The Morgan fingerprint density at radius 1 is 0.885 bits per heavy atom. The highest BCUT2D eigenvalue weighted by atomic mass is 16.5. The van der Waals surface area contributed by atoms with Crippen molar-refractivity contribution < 1.29 is 19.1 Å². The highest BCUT2D eigenvalue weighted by Crippen LogP contribution is 2.18. The summed E-state index contributed by atoms with van der Waals surface area (Å²) in [6, 6.07) is 12.4. The number of hydrogen-bond acceptors (Lipinski definition) is 4. The van der Waals surface area contributed by atoms with Crippen LogP contribution in [0.4, 0.5) is 4.79 Å². The lowest BCUT2D eigenvalue weighted by atomic mass is 10.1. The van der Waals surface area contributed by atoms with Gasteiger partial charge >= 0.3 is 6.03 Å². The van der Waals surface area contributed by atoms with Gasteiger partial charge in [-0.25, -0.2) is 4.79 Å². The first-order chi connectivity index (χ1) is 12.4. The molecule has 0 atom stereocenters. The minimum atomic E-state index is -0.813. The number of carbonyl (C=O) groups excluding carboxylic acids is 3. The van der Waals surface area contributed by atoms with Crippen molar-refractivity contribution >= 4 is 23.9 Å². The molecule has 2 aromatic rings. The van der Waals surface area contributed by atoms with E-state index in [1.165, 1.54) is 17.2 Å². The molecule has 1 aliphatic heterocycles. The SMILES string of the molecule is Cc1cc(C)cc(COc2ccc(C=C3C(=O)NC(=O)NC3=O)cc2)c1. The Balaban J connectivity index is 1.68. The van der Waals surface area contributed by atoms with Gasteiger partial charge in [-0.05, 0) is 43.2 Å². The first-order valence-electron chi connectivity index (χ1n) is 8.09. The summed E-state index contributed by atoms with van der Waals surface area (Å²) in [4.78, 5) is 34.5. The van der Waals surface area contributed by atoms with Crippen molar-refractivity contribution in [3.8, 4) is 5.75 Å². The van der Waals surface area contributed by atoms with Crippen LogP contribution < -0.4 is 15.4 Å². The third kappa shape index (κ3) is 4.16. The van der Waals surface area contributed by atoms with Gasteiger partial charge in [0.25, 0.3) is 11.8 Å². The molecule has 0 aromatic heterocycles. The molecule has 0 spiro atoms. The van der Waals surface area contributed by atoms with Gasteiger partial charge in [-0.2, -0.15) is 0 Å². The highest BCUT2D eigenvalue weighted by molar-refractivity contribution is 6.31. The van der Waals surface area contributed by atoms with Crippen LogP contribution >= 0.6 is 0 Å². The molecule has 1 fully saturated rings. The lowest BCUT2D eigenvalue weighted by Gasteiger charge is -2.14. The fourth-order valence-corrected chi connectivity index (χ4v) is 2.75. The van der Waals surface area contributed by atoms with Gasteiger partial charge in [0.2, 0.25) is 0 Å². The minimum Gasteiger partial charge on any atom is -0.489 e. The fourth-order valence-electron chi connectivity index (χ4n) is 2.75. The van der Waals surface area contributed by atoms with Crippen LogP contribution in [0.5, 0.6) is 5.75 Å². The highest BCUT2D eigenvalue weighted by Gasteiger charge is 2.27. The maximum Gasteiger partial charge on any atom is 0.328 e. The largest absolute Gasteiger partial charge is 0.489 e. The molecule has 0 bridgehead atoms. The van der Waals surface area contributed by atoms with Gasteiger partial charge in [0.05, 0.1) is 0 Å². The van der Waals surface area contributed by atoms with Crippen LogP contribution in [0.3, 0.4) is 0 Å². The Bertz CT molecular complexity index is 872. The molecule has 2 N–H and O–H groups in total. The third-order valence-electron chi connectivity index (χ3n) is 3.82. The predicted octanol–water partition coefficient (Wildman–Crippen LogP) is 2.63. The number of imide groups is 2. The first kappa shape index (κ1) is 17.4. The first-order valence-corrected chi connectivity index (χ1v) is 8.09. The van der Waals surface area contributed by atoms with E-state index in [2.05, 4.69) is 18.2 Å². The summed E-state index contributed by atoms with van der Waals surface area (Å²) in [5.74, 6) is -0.748. The van der Waals surface area contributed by atoms with Crippen molar-refractivity contribution in [3.63, 3.8) is 0 Å². The smallest absolute Gasteiger partial charge is 0.328 e. The normalized spacial score (nSPS) is 13.9. The van der Waals surface area contributed by atoms with E-state index < -0.39 is 17.8 Å². The van der Waals surface area contributed by atoms with Crippen molar-refractivity contribution in [3.05, 3.63) is 70.3 Å². The van der Waals surface area contributed by atoms with E-state index in [0.29, 0.717) is 17.9 Å². The summed E-state index contributed by atoms with van der Waals surface area (Å²) >= 11 is 0. The third-order valence-corrected chi connectivity index (χ3v) is 3.82. The molecule has 0 radical (unpaired) electrons. The maximum atomic E-state index is 11.7. The molecule has 132 valence electrons. The molecule has 0 saturated carbocycles. The van der Waals surface area contributed by atoms with E-state index in [1.54, 1.807) is 24.3 Å². The predicted molar refractivity (Wildman–Crippen MR) is 96.3 cm³/mol.